The van der Waals surface area contributed by atoms with Gasteiger partial charge in [0.15, 0.2) is 0 Å². The summed E-state index contributed by atoms with van der Waals surface area (Å²) >= 11 is 0. The number of rotatable bonds is 3. The molecule has 0 spiro atoms. The van der Waals surface area contributed by atoms with Crippen molar-refractivity contribution in [1.29, 1.82) is 0 Å². The van der Waals surface area contributed by atoms with E-state index in [1.54, 1.807) is 23.0 Å². The zero-order valence-corrected chi connectivity index (χ0v) is 10.7. The molecule has 2 aromatic rings. The highest BCUT2D eigenvalue weighted by Gasteiger charge is 2.05. The second-order valence-electron chi connectivity index (χ2n) is 4.21. The van der Waals surface area contributed by atoms with Gasteiger partial charge in [-0.3, -0.25) is 4.68 Å². The zero-order valence-electron chi connectivity index (χ0n) is 10.7. The maximum atomic E-state index is 13.9. The van der Waals surface area contributed by atoms with Crippen LogP contribution >= 0.6 is 0 Å². The first-order chi connectivity index (χ1) is 9.20. The van der Waals surface area contributed by atoms with Crippen molar-refractivity contribution in [3.63, 3.8) is 0 Å². The molecule has 98 valence electrons. The van der Waals surface area contributed by atoms with Crippen LogP contribution in [0.2, 0.25) is 0 Å². The highest BCUT2D eigenvalue weighted by Crippen LogP contribution is 2.12. The number of halogens is 1. The van der Waals surface area contributed by atoms with Gasteiger partial charge in [0.05, 0.1) is 13.2 Å². The van der Waals surface area contributed by atoms with Gasteiger partial charge in [-0.2, -0.15) is 5.10 Å². The van der Waals surface area contributed by atoms with Crippen molar-refractivity contribution in [1.82, 2.24) is 9.78 Å². The predicted octanol–water partition coefficient (Wildman–Crippen LogP) is 2.11. The molecule has 0 aliphatic carbocycles. The average Bonchev–Trinajstić information content (AvgIpc) is 2.79. The van der Waals surface area contributed by atoms with Crippen molar-refractivity contribution in [2.75, 3.05) is 6.61 Å². The Bertz CT molecular complexity index is 623. The molecule has 2 rings (SSSR count). The second-order valence-corrected chi connectivity index (χ2v) is 4.21. The van der Waals surface area contributed by atoms with Crippen LogP contribution in [-0.2, 0) is 6.54 Å². The number of hydrogen-bond acceptors (Lipinski definition) is 2. The normalized spacial score (nSPS) is 10.1. The summed E-state index contributed by atoms with van der Waals surface area (Å²) in [6.45, 7) is 2.36. The Hall–Kier alpha value is -2.12. The molecule has 1 heterocycles. The standard InChI is InChI=1S/C15H15FN2O/c1-12-7-8-17-18(12)11-14-6-5-13(10-15(14)16)4-2-3-9-19/h5-8,10,19H,3,9,11H2,1H3. The molecule has 0 atom stereocenters. The Labute approximate surface area is 111 Å². The van der Waals surface area contributed by atoms with E-state index in [9.17, 15) is 4.39 Å². The van der Waals surface area contributed by atoms with Crippen molar-refractivity contribution in [3.05, 3.63) is 53.1 Å². The Morgan fingerprint density at radius 3 is 2.84 bits per heavy atom. The summed E-state index contributed by atoms with van der Waals surface area (Å²) in [5.74, 6) is 5.29. The van der Waals surface area contributed by atoms with E-state index in [-0.39, 0.29) is 12.4 Å². The van der Waals surface area contributed by atoms with Gasteiger partial charge >= 0.3 is 0 Å². The van der Waals surface area contributed by atoms with Crippen LogP contribution in [0.1, 0.15) is 23.2 Å². The van der Waals surface area contributed by atoms with E-state index in [1.165, 1.54) is 6.07 Å². The lowest BCUT2D eigenvalue weighted by Gasteiger charge is -2.06. The molecular weight excluding hydrogens is 243 g/mol. The van der Waals surface area contributed by atoms with Crippen LogP contribution in [0.15, 0.2) is 30.5 Å². The lowest BCUT2D eigenvalue weighted by Crippen LogP contribution is -2.05. The van der Waals surface area contributed by atoms with Crippen LogP contribution in [0.5, 0.6) is 0 Å². The Kier molecular flexibility index (Phi) is 4.32. The van der Waals surface area contributed by atoms with Crippen LogP contribution in [0.4, 0.5) is 4.39 Å². The molecule has 1 N–H and O–H groups in total. The molecule has 0 saturated heterocycles. The molecule has 0 amide bonds. The number of aromatic nitrogens is 2. The van der Waals surface area contributed by atoms with Crippen LogP contribution in [-0.4, -0.2) is 21.5 Å². The van der Waals surface area contributed by atoms with Crippen molar-refractivity contribution in [2.45, 2.75) is 19.9 Å². The van der Waals surface area contributed by atoms with Crippen molar-refractivity contribution in [3.8, 4) is 11.8 Å². The molecule has 1 aromatic carbocycles. The van der Waals surface area contributed by atoms with E-state index in [0.717, 1.165) is 5.69 Å². The summed E-state index contributed by atoms with van der Waals surface area (Å²) in [6, 6.07) is 6.80. The molecule has 0 fully saturated rings. The van der Waals surface area contributed by atoms with Crippen LogP contribution < -0.4 is 0 Å². The monoisotopic (exact) mass is 258 g/mol. The minimum absolute atomic E-state index is 0.0200. The summed E-state index contributed by atoms with van der Waals surface area (Å²) in [6.07, 6.45) is 2.10. The Balaban J connectivity index is 2.16. The summed E-state index contributed by atoms with van der Waals surface area (Å²) < 4.78 is 15.7. The predicted molar refractivity (Wildman–Crippen MR) is 71.0 cm³/mol. The molecule has 0 aliphatic rings. The molecule has 0 unspecified atom stereocenters. The minimum Gasteiger partial charge on any atom is -0.395 e. The summed E-state index contributed by atoms with van der Waals surface area (Å²) in [7, 11) is 0. The number of hydrogen-bond donors (Lipinski definition) is 1. The van der Waals surface area contributed by atoms with Gasteiger partial charge in [-0.05, 0) is 25.1 Å². The second kappa shape index (κ2) is 6.17. The number of nitrogens with zero attached hydrogens (tertiary/aromatic N) is 2. The molecule has 4 heteroatoms. The van der Waals surface area contributed by atoms with E-state index in [2.05, 4.69) is 16.9 Å². The maximum Gasteiger partial charge on any atom is 0.129 e. The smallest absolute Gasteiger partial charge is 0.129 e. The highest BCUT2D eigenvalue weighted by molar-refractivity contribution is 5.37. The third-order valence-corrected chi connectivity index (χ3v) is 2.77. The molecule has 1 aromatic heterocycles. The summed E-state index contributed by atoms with van der Waals surface area (Å²) in [4.78, 5) is 0. The van der Waals surface area contributed by atoms with E-state index >= 15 is 0 Å². The first-order valence-electron chi connectivity index (χ1n) is 6.07. The number of benzene rings is 1. The van der Waals surface area contributed by atoms with E-state index < -0.39 is 0 Å². The SMILES string of the molecule is Cc1ccnn1Cc1ccc(C#CCCO)cc1F. The van der Waals surface area contributed by atoms with Crippen LogP contribution in [0.3, 0.4) is 0 Å². The van der Waals surface area contributed by atoms with Gasteiger partial charge < -0.3 is 5.11 Å². The lowest BCUT2D eigenvalue weighted by molar-refractivity contribution is 0.305. The average molecular weight is 258 g/mol. The topological polar surface area (TPSA) is 38.0 Å². The van der Waals surface area contributed by atoms with Crippen molar-refractivity contribution >= 4 is 0 Å². The fraction of sp³-hybridized carbons (Fsp3) is 0.267. The molecule has 3 nitrogen and oxygen atoms in total. The van der Waals surface area contributed by atoms with Gasteiger partial charge in [0, 0.05) is 29.4 Å². The summed E-state index contributed by atoms with van der Waals surface area (Å²) in [5, 5.41) is 12.8. The molecule has 0 radical (unpaired) electrons. The van der Waals surface area contributed by atoms with Crippen LogP contribution in [0, 0.1) is 24.6 Å². The number of aryl methyl sites for hydroxylation is 1. The fourth-order valence-electron chi connectivity index (χ4n) is 1.70. The number of aliphatic hydroxyl groups is 1. The van der Waals surface area contributed by atoms with Gasteiger partial charge in [-0.15, -0.1) is 0 Å². The number of aliphatic hydroxyl groups excluding tert-OH is 1. The van der Waals surface area contributed by atoms with Gasteiger partial charge in [0.25, 0.3) is 0 Å². The van der Waals surface area contributed by atoms with Gasteiger partial charge in [-0.25, -0.2) is 4.39 Å². The molecule has 0 bridgehead atoms. The minimum atomic E-state index is -0.286. The quantitative estimate of drug-likeness (QED) is 0.856. The largest absolute Gasteiger partial charge is 0.395 e. The fourth-order valence-corrected chi connectivity index (χ4v) is 1.70. The van der Waals surface area contributed by atoms with E-state index in [4.69, 9.17) is 5.11 Å². The highest BCUT2D eigenvalue weighted by atomic mass is 19.1. The van der Waals surface area contributed by atoms with Gasteiger partial charge in [-0.1, -0.05) is 17.9 Å². The molecule has 0 saturated carbocycles. The summed E-state index contributed by atoms with van der Waals surface area (Å²) in [5.41, 5.74) is 2.19. The van der Waals surface area contributed by atoms with Crippen molar-refractivity contribution < 1.29 is 9.50 Å². The zero-order chi connectivity index (χ0) is 13.7. The van der Waals surface area contributed by atoms with Gasteiger partial charge in [0.2, 0.25) is 0 Å². The molecular formula is C15H15FN2O. The third-order valence-electron chi connectivity index (χ3n) is 2.77. The van der Waals surface area contributed by atoms with E-state index in [0.29, 0.717) is 24.1 Å². The third kappa shape index (κ3) is 3.43. The first-order valence-corrected chi connectivity index (χ1v) is 6.07. The van der Waals surface area contributed by atoms with Crippen LogP contribution in [0.25, 0.3) is 0 Å². The molecule has 0 aliphatic heterocycles. The van der Waals surface area contributed by atoms with Gasteiger partial charge in [0.1, 0.15) is 5.82 Å². The Morgan fingerprint density at radius 1 is 1.37 bits per heavy atom. The maximum absolute atomic E-state index is 13.9. The van der Waals surface area contributed by atoms with E-state index in [1.807, 2.05) is 13.0 Å². The molecule has 19 heavy (non-hydrogen) atoms. The Morgan fingerprint density at radius 2 is 2.21 bits per heavy atom. The van der Waals surface area contributed by atoms with Crippen molar-refractivity contribution in [2.24, 2.45) is 0 Å². The lowest BCUT2D eigenvalue weighted by atomic mass is 10.1. The first kappa shape index (κ1) is 13.3.